The Morgan fingerprint density at radius 3 is 2.79 bits per heavy atom. The van der Waals surface area contributed by atoms with Crippen molar-refractivity contribution in [2.24, 2.45) is 16.2 Å². The van der Waals surface area contributed by atoms with E-state index in [1.54, 1.807) is 25.3 Å². The number of aryl methyl sites for hydroxylation is 1. The predicted molar refractivity (Wildman–Crippen MR) is 188 cm³/mol. The van der Waals surface area contributed by atoms with Crippen LogP contribution in [0, 0.1) is 11.8 Å². The summed E-state index contributed by atoms with van der Waals surface area (Å²) < 4.78 is 56.3. The van der Waals surface area contributed by atoms with Crippen molar-refractivity contribution < 1.29 is 31.7 Å². The summed E-state index contributed by atoms with van der Waals surface area (Å²) in [6, 6.07) is 11.3. The molecule has 1 saturated carbocycles. The van der Waals surface area contributed by atoms with E-state index in [4.69, 9.17) is 21.1 Å². The Morgan fingerprint density at radius 1 is 1.21 bits per heavy atom. The molecule has 2 aliphatic heterocycles. The molecule has 2 aliphatic carbocycles. The van der Waals surface area contributed by atoms with Gasteiger partial charge in [0.25, 0.3) is 5.91 Å². The van der Waals surface area contributed by atoms with Crippen LogP contribution in [0.4, 0.5) is 5.69 Å². The van der Waals surface area contributed by atoms with Gasteiger partial charge in [-0.3, -0.25) is 14.3 Å². The minimum absolute atomic E-state index is 0.0660. The van der Waals surface area contributed by atoms with Crippen LogP contribution in [-0.2, 0) is 41.1 Å². The molecule has 2 heterocycles. The van der Waals surface area contributed by atoms with Gasteiger partial charge < -0.3 is 14.4 Å². The summed E-state index contributed by atoms with van der Waals surface area (Å²) in [5.74, 6) is -0.560. The number of nitrogens with zero attached hydrogens (tertiary/aromatic N) is 2. The maximum atomic E-state index is 14.0. The van der Waals surface area contributed by atoms with Crippen LogP contribution < -0.4 is 14.4 Å². The largest absolute Gasteiger partial charge is 0.490 e. The van der Waals surface area contributed by atoms with Gasteiger partial charge in [0.05, 0.1) is 29.9 Å². The highest BCUT2D eigenvalue weighted by Crippen LogP contribution is 2.47. The van der Waals surface area contributed by atoms with E-state index in [1.807, 2.05) is 12.1 Å². The first-order chi connectivity index (χ1) is 22.9. The monoisotopic (exact) mass is 717 g/mol. The van der Waals surface area contributed by atoms with Crippen molar-refractivity contribution >= 4 is 48.9 Å². The first-order valence-electron chi connectivity index (χ1n) is 16.6. The molecule has 2 bridgehead atoms. The van der Waals surface area contributed by atoms with E-state index >= 15 is 0 Å². The molecule has 13 heteroatoms. The number of carbonyl (C=O) groups excluding carboxylic acids is 2. The van der Waals surface area contributed by atoms with Crippen LogP contribution in [0.15, 0.2) is 52.9 Å². The molecular weight excluding hydrogens is 674 g/mol. The van der Waals surface area contributed by atoms with Crippen molar-refractivity contribution in [1.29, 1.82) is 0 Å². The number of methoxy groups -OCH3 is 1. The van der Waals surface area contributed by atoms with Gasteiger partial charge in [-0.05, 0) is 98.2 Å². The van der Waals surface area contributed by atoms with E-state index in [-0.39, 0.29) is 29.3 Å². The maximum Gasteiger partial charge on any atom is 0.286 e. The third kappa shape index (κ3) is 7.77. The van der Waals surface area contributed by atoms with Crippen LogP contribution in [0.3, 0.4) is 0 Å². The number of carbonyl (C=O) groups is 2. The molecular formula is C35H44ClN3O7S2. The van der Waals surface area contributed by atoms with E-state index in [2.05, 4.69) is 32.2 Å². The lowest BCUT2D eigenvalue weighted by Gasteiger charge is -2.46. The lowest BCUT2D eigenvalue weighted by atomic mass is 9.68. The standard InChI is InChI=1S/C35H44ClN3O7S2/c1-45-31-8-4-3-5-17-48(44,37-33(40)15-18-47(2,42)43)38-34(41)25-10-14-32-30(20-25)39(21-26-9-12-28(26)31)22-35(23-46-32)16-6-7-24-19-27(36)11-13-29(24)35/h4,8,10-11,13-14,19-20,26,28,31H,3,5-7,9,12,15-18,21-23H2,1-2H3,(H,37,38,40,41,44)/b8-4-/t26-,28+,31-,35-,48?/m0/s1. The smallest absolute Gasteiger partial charge is 0.286 e. The van der Waals surface area contributed by atoms with Gasteiger partial charge in [-0.15, -0.1) is 4.36 Å². The molecule has 260 valence electrons. The molecule has 4 aliphatic rings. The van der Waals surface area contributed by atoms with Crippen molar-refractivity contribution in [3.05, 3.63) is 70.3 Å². The first kappa shape index (κ1) is 34.9. The van der Waals surface area contributed by atoms with Crippen LogP contribution in [0.2, 0.25) is 5.02 Å². The Morgan fingerprint density at radius 2 is 2.04 bits per heavy atom. The lowest BCUT2D eigenvalue weighted by Crippen LogP contribution is -2.49. The normalized spacial score (nSPS) is 29.7. The average Bonchev–Trinajstić information content (AvgIpc) is 3.17. The summed E-state index contributed by atoms with van der Waals surface area (Å²) in [6.45, 7) is 1.92. The molecule has 0 aromatic heterocycles. The minimum atomic E-state index is -3.55. The fraction of sp³-hybridized carbons (Fsp3) is 0.543. The van der Waals surface area contributed by atoms with E-state index in [0.717, 1.165) is 55.6 Å². The predicted octanol–water partition coefficient (Wildman–Crippen LogP) is 5.28. The number of allylic oxidation sites excluding steroid dienone is 1. The number of nitrogens with one attached hydrogen (secondary N) is 1. The minimum Gasteiger partial charge on any atom is -0.490 e. The molecule has 1 spiro atoms. The lowest BCUT2D eigenvalue weighted by molar-refractivity contribution is -0.118. The summed E-state index contributed by atoms with van der Waals surface area (Å²) >= 11 is 6.42. The maximum absolute atomic E-state index is 14.0. The molecule has 1 unspecified atom stereocenters. The van der Waals surface area contributed by atoms with Gasteiger partial charge in [-0.25, -0.2) is 12.6 Å². The number of anilines is 1. The van der Waals surface area contributed by atoms with Crippen LogP contribution in [0.1, 0.15) is 66.4 Å². The summed E-state index contributed by atoms with van der Waals surface area (Å²) in [6.07, 6.45) is 10.6. The van der Waals surface area contributed by atoms with Gasteiger partial charge in [-0.2, -0.15) is 0 Å². The summed E-state index contributed by atoms with van der Waals surface area (Å²) in [5.41, 5.74) is 3.22. The summed E-state index contributed by atoms with van der Waals surface area (Å²) in [5, 5.41) is 0.722. The van der Waals surface area contributed by atoms with Crippen LogP contribution >= 0.6 is 11.6 Å². The fourth-order valence-electron chi connectivity index (χ4n) is 7.62. The topological polar surface area (TPSA) is 131 Å². The highest BCUT2D eigenvalue weighted by Gasteiger charge is 2.44. The highest BCUT2D eigenvalue weighted by molar-refractivity contribution is 7.92. The van der Waals surface area contributed by atoms with E-state index in [0.29, 0.717) is 43.6 Å². The molecule has 2 amide bonds. The molecule has 48 heavy (non-hydrogen) atoms. The Kier molecular flexibility index (Phi) is 10.3. The molecule has 0 radical (unpaired) electrons. The summed E-state index contributed by atoms with van der Waals surface area (Å²) in [4.78, 5) is 28.8. The van der Waals surface area contributed by atoms with Gasteiger partial charge in [0, 0.05) is 48.9 Å². The number of hydrogen-bond acceptors (Lipinski definition) is 8. The Labute approximate surface area is 288 Å². The second kappa shape index (κ2) is 14.1. The number of benzene rings is 2. The Balaban J connectivity index is 1.40. The number of hydrogen-bond donors (Lipinski definition) is 1. The average molecular weight is 718 g/mol. The van der Waals surface area contributed by atoms with Crippen molar-refractivity contribution in [3.63, 3.8) is 0 Å². The number of fused-ring (bicyclic) bond motifs is 4. The van der Waals surface area contributed by atoms with Crippen LogP contribution in [0.5, 0.6) is 5.75 Å². The molecule has 5 atom stereocenters. The van der Waals surface area contributed by atoms with Crippen LogP contribution in [0.25, 0.3) is 0 Å². The van der Waals surface area contributed by atoms with E-state index in [1.165, 1.54) is 11.1 Å². The zero-order valence-electron chi connectivity index (χ0n) is 27.5. The number of amides is 2. The summed E-state index contributed by atoms with van der Waals surface area (Å²) in [7, 11) is -5.24. The van der Waals surface area contributed by atoms with E-state index < -0.39 is 37.3 Å². The van der Waals surface area contributed by atoms with Crippen LogP contribution in [-0.4, -0.2) is 75.1 Å². The first-order valence-corrected chi connectivity index (χ1v) is 20.8. The van der Waals surface area contributed by atoms with Crippen molar-refractivity contribution in [1.82, 2.24) is 4.72 Å². The van der Waals surface area contributed by atoms with Crippen molar-refractivity contribution in [2.75, 3.05) is 49.5 Å². The highest BCUT2D eigenvalue weighted by atomic mass is 35.5. The number of ether oxygens (including phenoxy) is 2. The van der Waals surface area contributed by atoms with Gasteiger partial charge >= 0.3 is 0 Å². The number of rotatable bonds is 5. The fourth-order valence-corrected chi connectivity index (χ4v) is 10.00. The van der Waals surface area contributed by atoms with Gasteiger partial charge in [0.1, 0.15) is 25.5 Å². The SMILES string of the molecule is CO[C@H]1/C=C\CCCS(=O)(NC(=O)CCS(C)(=O)=O)=NC(=O)c2ccc3c(c2)N(C[C@@H]2CC[C@H]21)C[C@@]1(CCCc2cc(Cl)ccc21)CO3. The third-order valence-electron chi connectivity index (χ3n) is 10.2. The van der Waals surface area contributed by atoms with Crippen molar-refractivity contribution in [2.45, 2.75) is 62.9 Å². The quantitative estimate of drug-likeness (QED) is 0.414. The number of halogens is 1. The molecule has 1 fully saturated rings. The van der Waals surface area contributed by atoms with Gasteiger partial charge in [0.15, 0.2) is 0 Å². The Hall–Kier alpha value is -2.93. The van der Waals surface area contributed by atoms with Gasteiger partial charge in [-0.1, -0.05) is 29.8 Å². The molecule has 2 aromatic carbocycles. The molecule has 2 aromatic rings. The van der Waals surface area contributed by atoms with E-state index in [9.17, 15) is 22.2 Å². The zero-order chi connectivity index (χ0) is 34.1. The molecule has 0 saturated heterocycles. The molecule has 10 nitrogen and oxygen atoms in total. The Bertz CT molecular complexity index is 1840. The third-order valence-corrected chi connectivity index (χ3v) is 13.3. The molecule has 6 rings (SSSR count). The van der Waals surface area contributed by atoms with Crippen molar-refractivity contribution in [3.8, 4) is 5.75 Å². The second-order valence-electron chi connectivity index (χ2n) is 13.7. The number of sulfone groups is 1. The zero-order valence-corrected chi connectivity index (χ0v) is 29.9. The second-order valence-corrected chi connectivity index (χ2v) is 18.5. The molecule has 1 N–H and O–H groups in total. The van der Waals surface area contributed by atoms with Gasteiger partial charge in [0.2, 0.25) is 5.91 Å².